The molecule has 1 N–H and O–H groups in total. The fourth-order valence-electron chi connectivity index (χ4n) is 3.14. The molecule has 28 heavy (non-hydrogen) atoms. The Morgan fingerprint density at radius 3 is 2.46 bits per heavy atom. The summed E-state index contributed by atoms with van der Waals surface area (Å²) in [5.41, 5.74) is 2.08. The van der Waals surface area contributed by atoms with Crippen LogP contribution in [0.15, 0.2) is 53.3 Å². The predicted molar refractivity (Wildman–Crippen MR) is 106 cm³/mol. The van der Waals surface area contributed by atoms with Gasteiger partial charge in [-0.05, 0) is 30.2 Å². The summed E-state index contributed by atoms with van der Waals surface area (Å²) in [6, 6.07) is 12.2. The van der Waals surface area contributed by atoms with Crippen molar-refractivity contribution in [1.82, 2.24) is 9.97 Å². The summed E-state index contributed by atoms with van der Waals surface area (Å²) in [4.78, 5) is 32.0. The molecule has 6 nitrogen and oxygen atoms in total. The monoisotopic (exact) mass is 395 g/mol. The summed E-state index contributed by atoms with van der Waals surface area (Å²) in [6.45, 7) is 1.90. The number of hydrogen-bond donors (Lipinski definition) is 1. The standard InChI is InChI=1S/C20H14FN3O3S/c1-11-17(13-4-6-14(21)7-5-13)18-19(25)22-16(23-20(18)28-11)10-12-2-8-15(9-3-12)24(26)27/h2-9H,10H2,1H3,(H,22,23,25). The second-order valence-electron chi connectivity index (χ2n) is 6.33. The number of aromatic amines is 1. The van der Waals surface area contributed by atoms with Crippen molar-refractivity contribution >= 4 is 27.2 Å². The van der Waals surface area contributed by atoms with E-state index in [0.29, 0.717) is 22.5 Å². The molecule has 0 unspecified atom stereocenters. The van der Waals surface area contributed by atoms with Gasteiger partial charge in [-0.3, -0.25) is 14.9 Å². The normalized spacial score (nSPS) is 11.1. The highest BCUT2D eigenvalue weighted by Gasteiger charge is 2.17. The fourth-order valence-corrected chi connectivity index (χ4v) is 4.20. The third kappa shape index (κ3) is 3.29. The predicted octanol–water partition coefficient (Wildman–Crippen LogP) is 4.60. The number of fused-ring (bicyclic) bond motifs is 1. The number of nitrogens with zero attached hydrogens (tertiary/aromatic N) is 2. The van der Waals surface area contributed by atoms with Gasteiger partial charge in [0, 0.05) is 29.0 Å². The largest absolute Gasteiger partial charge is 0.310 e. The highest BCUT2D eigenvalue weighted by atomic mass is 32.1. The molecule has 0 radical (unpaired) electrons. The SMILES string of the molecule is Cc1sc2nc(Cc3ccc([N+](=O)[O-])cc3)[nH]c(=O)c2c1-c1ccc(F)cc1. The van der Waals surface area contributed by atoms with Crippen LogP contribution in [0.3, 0.4) is 0 Å². The summed E-state index contributed by atoms with van der Waals surface area (Å²) >= 11 is 1.41. The van der Waals surface area contributed by atoms with Crippen LogP contribution in [0.25, 0.3) is 21.3 Å². The van der Waals surface area contributed by atoms with Crippen molar-refractivity contribution in [3.63, 3.8) is 0 Å². The first-order valence-electron chi connectivity index (χ1n) is 8.44. The fraction of sp³-hybridized carbons (Fsp3) is 0.100. The number of rotatable bonds is 4. The number of thiophene rings is 1. The second kappa shape index (κ2) is 6.97. The number of benzene rings is 2. The highest BCUT2D eigenvalue weighted by molar-refractivity contribution is 7.19. The molecule has 140 valence electrons. The average molecular weight is 395 g/mol. The van der Waals surface area contributed by atoms with Gasteiger partial charge in [0.2, 0.25) is 0 Å². The minimum atomic E-state index is -0.457. The molecule has 0 atom stereocenters. The molecule has 0 amide bonds. The van der Waals surface area contributed by atoms with Crippen LogP contribution in [0.1, 0.15) is 16.3 Å². The lowest BCUT2D eigenvalue weighted by atomic mass is 10.0. The summed E-state index contributed by atoms with van der Waals surface area (Å²) in [5.74, 6) is 0.150. The van der Waals surface area contributed by atoms with Gasteiger partial charge in [-0.2, -0.15) is 0 Å². The number of hydrogen-bond acceptors (Lipinski definition) is 5. The molecule has 2 heterocycles. The lowest BCUT2D eigenvalue weighted by Gasteiger charge is -2.04. The van der Waals surface area contributed by atoms with Crippen LogP contribution in [0, 0.1) is 22.9 Å². The zero-order valence-corrected chi connectivity index (χ0v) is 15.5. The zero-order valence-electron chi connectivity index (χ0n) is 14.7. The maximum absolute atomic E-state index is 13.2. The molecule has 2 aromatic carbocycles. The van der Waals surface area contributed by atoms with Gasteiger partial charge in [0.1, 0.15) is 16.5 Å². The van der Waals surface area contributed by atoms with Crippen molar-refractivity contribution in [3.8, 4) is 11.1 Å². The van der Waals surface area contributed by atoms with Crippen molar-refractivity contribution in [2.24, 2.45) is 0 Å². The number of aromatic nitrogens is 2. The van der Waals surface area contributed by atoms with Crippen LogP contribution in [0.4, 0.5) is 10.1 Å². The van der Waals surface area contributed by atoms with Crippen molar-refractivity contribution < 1.29 is 9.31 Å². The smallest absolute Gasteiger partial charge is 0.269 e. The van der Waals surface area contributed by atoms with E-state index in [1.165, 1.54) is 35.6 Å². The summed E-state index contributed by atoms with van der Waals surface area (Å²) in [7, 11) is 0. The van der Waals surface area contributed by atoms with E-state index >= 15 is 0 Å². The Hall–Kier alpha value is -3.39. The van der Waals surface area contributed by atoms with E-state index in [-0.39, 0.29) is 17.1 Å². The molecular formula is C20H14FN3O3S. The summed E-state index contributed by atoms with van der Waals surface area (Å²) < 4.78 is 13.2. The Balaban J connectivity index is 1.74. The van der Waals surface area contributed by atoms with Gasteiger partial charge < -0.3 is 4.98 Å². The highest BCUT2D eigenvalue weighted by Crippen LogP contribution is 2.35. The third-order valence-corrected chi connectivity index (χ3v) is 5.44. The number of nitro benzene ring substituents is 1. The van der Waals surface area contributed by atoms with E-state index in [2.05, 4.69) is 9.97 Å². The molecule has 0 saturated carbocycles. The summed E-state index contributed by atoms with van der Waals surface area (Å²) in [6.07, 6.45) is 0.353. The van der Waals surface area contributed by atoms with Gasteiger partial charge in [-0.15, -0.1) is 11.3 Å². The van der Waals surface area contributed by atoms with Crippen LogP contribution < -0.4 is 5.56 Å². The van der Waals surface area contributed by atoms with E-state index in [1.807, 2.05) is 6.92 Å². The molecule has 0 aliphatic heterocycles. The number of nitro groups is 1. The number of non-ortho nitro benzene ring substituents is 1. The molecule has 0 aliphatic rings. The number of nitrogens with one attached hydrogen (secondary N) is 1. The van der Waals surface area contributed by atoms with Crippen LogP contribution in [-0.4, -0.2) is 14.9 Å². The first kappa shape index (κ1) is 18.0. The minimum absolute atomic E-state index is 0.0125. The molecule has 0 saturated heterocycles. The Morgan fingerprint density at radius 2 is 1.82 bits per heavy atom. The van der Waals surface area contributed by atoms with Crippen molar-refractivity contribution in [3.05, 3.63) is 91.1 Å². The van der Waals surface area contributed by atoms with E-state index in [0.717, 1.165) is 21.6 Å². The number of halogens is 1. The Bertz CT molecular complexity index is 1240. The zero-order chi connectivity index (χ0) is 19.8. The molecule has 4 rings (SSSR count). The van der Waals surface area contributed by atoms with Gasteiger partial charge in [0.05, 0.1) is 10.3 Å². The molecule has 0 aliphatic carbocycles. The van der Waals surface area contributed by atoms with E-state index < -0.39 is 4.92 Å². The maximum atomic E-state index is 13.2. The second-order valence-corrected chi connectivity index (χ2v) is 7.54. The molecule has 0 spiro atoms. The van der Waals surface area contributed by atoms with Crippen LogP contribution in [0.2, 0.25) is 0 Å². The molecule has 4 aromatic rings. The van der Waals surface area contributed by atoms with Gasteiger partial charge in [-0.25, -0.2) is 9.37 Å². The van der Waals surface area contributed by atoms with Crippen molar-refractivity contribution in [1.29, 1.82) is 0 Å². The third-order valence-electron chi connectivity index (χ3n) is 4.44. The van der Waals surface area contributed by atoms with Crippen LogP contribution >= 0.6 is 11.3 Å². The molecule has 8 heteroatoms. The Morgan fingerprint density at radius 1 is 1.14 bits per heavy atom. The van der Waals surface area contributed by atoms with Crippen LogP contribution in [-0.2, 0) is 6.42 Å². The lowest BCUT2D eigenvalue weighted by molar-refractivity contribution is -0.384. The van der Waals surface area contributed by atoms with Crippen LogP contribution in [0.5, 0.6) is 0 Å². The molecule has 0 bridgehead atoms. The maximum Gasteiger partial charge on any atom is 0.269 e. The van der Waals surface area contributed by atoms with Gasteiger partial charge in [-0.1, -0.05) is 24.3 Å². The van der Waals surface area contributed by atoms with E-state index in [9.17, 15) is 19.3 Å². The first-order chi connectivity index (χ1) is 13.4. The average Bonchev–Trinajstić information content (AvgIpc) is 2.99. The van der Waals surface area contributed by atoms with Gasteiger partial charge in [0.15, 0.2) is 0 Å². The molecule has 2 aromatic heterocycles. The minimum Gasteiger partial charge on any atom is -0.310 e. The number of aryl methyl sites for hydroxylation is 1. The quantitative estimate of drug-likeness (QED) is 0.404. The van der Waals surface area contributed by atoms with E-state index in [4.69, 9.17) is 0 Å². The van der Waals surface area contributed by atoms with Crippen molar-refractivity contribution in [2.75, 3.05) is 0 Å². The Labute approximate surface area is 162 Å². The van der Waals surface area contributed by atoms with Gasteiger partial charge >= 0.3 is 0 Å². The van der Waals surface area contributed by atoms with Crippen molar-refractivity contribution in [2.45, 2.75) is 13.3 Å². The van der Waals surface area contributed by atoms with E-state index in [1.54, 1.807) is 24.3 Å². The molecule has 0 fully saturated rings. The Kier molecular flexibility index (Phi) is 4.48. The lowest BCUT2D eigenvalue weighted by Crippen LogP contribution is -2.11. The first-order valence-corrected chi connectivity index (χ1v) is 9.25. The topological polar surface area (TPSA) is 88.9 Å². The number of H-pyrrole nitrogens is 1. The van der Waals surface area contributed by atoms with Gasteiger partial charge in [0.25, 0.3) is 11.2 Å². The summed E-state index contributed by atoms with van der Waals surface area (Å²) in [5, 5.41) is 11.2. The molecular weight excluding hydrogens is 381 g/mol.